The highest BCUT2D eigenvalue weighted by molar-refractivity contribution is 7.07. The van der Waals surface area contributed by atoms with E-state index in [1.165, 1.54) is 25.8 Å². The molecule has 0 saturated heterocycles. The van der Waals surface area contributed by atoms with Gasteiger partial charge >= 0.3 is 0 Å². The number of hydrogen-bond acceptors (Lipinski definition) is 1. The van der Waals surface area contributed by atoms with E-state index in [2.05, 4.69) is 28.6 Å². The van der Waals surface area contributed by atoms with Gasteiger partial charge in [-0.2, -0.15) is 4.57 Å². The molecule has 0 N–H and O–H groups in total. The maximum absolute atomic E-state index is 2.37. The first-order valence-electron chi connectivity index (χ1n) is 4.76. The molecule has 0 radical (unpaired) electrons. The van der Waals surface area contributed by atoms with Crippen molar-refractivity contribution in [1.29, 1.82) is 0 Å². The maximum atomic E-state index is 2.37. The summed E-state index contributed by atoms with van der Waals surface area (Å²) in [5, 5.41) is 2.15. The molecule has 1 nitrogen and oxygen atoms in total. The monoisotopic (exact) mass is 182 g/mol. The van der Waals surface area contributed by atoms with E-state index in [4.69, 9.17) is 0 Å². The van der Waals surface area contributed by atoms with Crippen molar-refractivity contribution >= 4 is 11.3 Å². The van der Waals surface area contributed by atoms with Gasteiger partial charge in [-0.3, -0.25) is 0 Å². The molecule has 2 rings (SSSR count). The number of thiazole rings is 1. The van der Waals surface area contributed by atoms with Crippen LogP contribution in [-0.4, -0.2) is 0 Å². The fourth-order valence-corrected chi connectivity index (χ4v) is 2.76. The van der Waals surface area contributed by atoms with Crippen LogP contribution in [0.5, 0.6) is 0 Å². The van der Waals surface area contributed by atoms with Gasteiger partial charge in [-0.25, -0.2) is 0 Å². The fourth-order valence-electron chi connectivity index (χ4n) is 2.15. The van der Waals surface area contributed by atoms with E-state index in [1.807, 2.05) is 0 Å². The molecule has 1 saturated carbocycles. The average Bonchev–Trinajstić information content (AvgIpc) is 2.63. The highest BCUT2D eigenvalue weighted by atomic mass is 32.1. The molecule has 2 unspecified atom stereocenters. The van der Waals surface area contributed by atoms with Gasteiger partial charge in [0.15, 0.2) is 12.7 Å². The summed E-state index contributed by atoms with van der Waals surface area (Å²) in [6.07, 6.45) is 6.50. The van der Waals surface area contributed by atoms with Crippen LogP contribution in [0.2, 0.25) is 0 Å². The third-order valence-electron chi connectivity index (χ3n) is 2.80. The molecular weight excluding hydrogens is 166 g/mol. The van der Waals surface area contributed by atoms with Crippen LogP contribution in [0, 0.1) is 11.8 Å². The summed E-state index contributed by atoms with van der Waals surface area (Å²) in [7, 11) is 0. The molecule has 66 valence electrons. The topological polar surface area (TPSA) is 3.88 Å². The lowest BCUT2D eigenvalue weighted by molar-refractivity contribution is -0.698. The summed E-state index contributed by atoms with van der Waals surface area (Å²) in [5.41, 5.74) is 2.21. The SMILES string of the molecule is CC1CCC(C[n+]2ccsc2)C1. The minimum Gasteiger partial charge on any atom is -0.195 e. The van der Waals surface area contributed by atoms with Gasteiger partial charge in [0.05, 0.1) is 5.38 Å². The highest BCUT2D eigenvalue weighted by Gasteiger charge is 2.24. The zero-order valence-corrected chi connectivity index (χ0v) is 8.39. The maximum Gasteiger partial charge on any atom is 0.224 e. The Bertz CT molecular complexity index is 230. The van der Waals surface area contributed by atoms with Crippen LogP contribution in [0.4, 0.5) is 0 Å². The Morgan fingerprint density at radius 1 is 1.50 bits per heavy atom. The van der Waals surface area contributed by atoms with Crippen LogP contribution in [0.25, 0.3) is 0 Å². The Hall–Kier alpha value is -0.370. The number of rotatable bonds is 2. The molecule has 1 aromatic heterocycles. The van der Waals surface area contributed by atoms with Crippen molar-refractivity contribution in [3.63, 3.8) is 0 Å². The fraction of sp³-hybridized carbons (Fsp3) is 0.700. The molecule has 0 amide bonds. The van der Waals surface area contributed by atoms with Crippen molar-refractivity contribution in [3.8, 4) is 0 Å². The number of hydrogen-bond donors (Lipinski definition) is 0. The standard InChI is InChI=1S/C10H16NS/c1-9-2-3-10(6-9)7-11-4-5-12-8-11/h4-5,8-10H,2-3,6-7H2,1H3/q+1. The first-order chi connectivity index (χ1) is 5.84. The van der Waals surface area contributed by atoms with E-state index < -0.39 is 0 Å². The zero-order valence-electron chi connectivity index (χ0n) is 7.57. The van der Waals surface area contributed by atoms with Crippen molar-refractivity contribution in [2.75, 3.05) is 0 Å². The Balaban J connectivity index is 1.88. The van der Waals surface area contributed by atoms with Crippen LogP contribution in [0.15, 0.2) is 17.1 Å². The number of aromatic nitrogens is 1. The molecular formula is C10H16NS+. The normalized spacial score (nSPS) is 29.4. The quantitative estimate of drug-likeness (QED) is 0.619. The lowest BCUT2D eigenvalue weighted by Gasteiger charge is -2.02. The molecule has 1 heterocycles. The summed E-state index contributed by atoms with van der Waals surface area (Å²) in [5.74, 6) is 1.91. The van der Waals surface area contributed by atoms with E-state index in [9.17, 15) is 0 Å². The summed E-state index contributed by atoms with van der Waals surface area (Å²) in [6.45, 7) is 3.62. The van der Waals surface area contributed by atoms with E-state index >= 15 is 0 Å². The minimum atomic E-state index is 0.944. The molecule has 0 bridgehead atoms. The Morgan fingerprint density at radius 3 is 3.00 bits per heavy atom. The van der Waals surface area contributed by atoms with Crippen molar-refractivity contribution in [3.05, 3.63) is 17.1 Å². The molecule has 1 aromatic rings. The largest absolute Gasteiger partial charge is 0.224 e. The molecule has 0 aromatic carbocycles. The van der Waals surface area contributed by atoms with Crippen molar-refractivity contribution in [2.24, 2.45) is 11.8 Å². The molecule has 0 spiro atoms. The second-order valence-electron chi connectivity index (χ2n) is 4.01. The van der Waals surface area contributed by atoms with Gasteiger partial charge in [0.25, 0.3) is 0 Å². The van der Waals surface area contributed by atoms with Crippen LogP contribution in [0.1, 0.15) is 26.2 Å². The van der Waals surface area contributed by atoms with E-state index in [0.717, 1.165) is 11.8 Å². The third-order valence-corrected chi connectivity index (χ3v) is 3.47. The first kappa shape index (κ1) is 8.24. The summed E-state index contributed by atoms with van der Waals surface area (Å²) in [6, 6.07) is 0. The Kier molecular flexibility index (Phi) is 2.45. The van der Waals surface area contributed by atoms with Crippen LogP contribution in [0.3, 0.4) is 0 Å². The smallest absolute Gasteiger partial charge is 0.195 e. The molecule has 2 atom stereocenters. The van der Waals surface area contributed by atoms with Gasteiger partial charge in [-0.15, -0.1) is 0 Å². The molecule has 12 heavy (non-hydrogen) atoms. The van der Waals surface area contributed by atoms with E-state index in [1.54, 1.807) is 11.3 Å². The Labute approximate surface area is 78.1 Å². The lowest BCUT2D eigenvalue weighted by atomic mass is 10.1. The summed E-state index contributed by atoms with van der Waals surface area (Å²) >= 11 is 1.79. The van der Waals surface area contributed by atoms with Gasteiger partial charge in [0.2, 0.25) is 5.51 Å². The van der Waals surface area contributed by atoms with E-state index in [0.29, 0.717) is 0 Å². The van der Waals surface area contributed by atoms with Gasteiger partial charge in [-0.05, 0) is 18.8 Å². The van der Waals surface area contributed by atoms with Crippen molar-refractivity contribution < 1.29 is 4.57 Å². The molecule has 0 aliphatic heterocycles. The minimum absolute atomic E-state index is 0.944. The number of nitrogens with zero attached hydrogens (tertiary/aromatic N) is 1. The zero-order chi connectivity index (χ0) is 8.39. The third kappa shape index (κ3) is 1.86. The highest BCUT2D eigenvalue weighted by Crippen LogP contribution is 2.30. The van der Waals surface area contributed by atoms with Crippen LogP contribution < -0.4 is 4.57 Å². The van der Waals surface area contributed by atoms with Crippen LogP contribution in [-0.2, 0) is 6.54 Å². The van der Waals surface area contributed by atoms with Gasteiger partial charge in [0.1, 0.15) is 0 Å². The van der Waals surface area contributed by atoms with Gasteiger partial charge in [0, 0.05) is 5.92 Å². The molecule has 2 heteroatoms. The predicted molar refractivity (Wildman–Crippen MR) is 51.0 cm³/mol. The Morgan fingerprint density at radius 2 is 2.42 bits per heavy atom. The average molecular weight is 182 g/mol. The van der Waals surface area contributed by atoms with Crippen molar-refractivity contribution in [2.45, 2.75) is 32.7 Å². The summed E-state index contributed by atoms with van der Waals surface area (Å²) in [4.78, 5) is 0. The summed E-state index contributed by atoms with van der Waals surface area (Å²) < 4.78 is 2.33. The van der Waals surface area contributed by atoms with Crippen LogP contribution >= 0.6 is 11.3 Å². The second kappa shape index (κ2) is 3.56. The molecule has 1 fully saturated rings. The van der Waals surface area contributed by atoms with Gasteiger partial charge in [-0.1, -0.05) is 24.7 Å². The molecule has 1 aliphatic carbocycles. The predicted octanol–water partition coefficient (Wildman–Crippen LogP) is 2.47. The van der Waals surface area contributed by atoms with Crippen molar-refractivity contribution in [1.82, 2.24) is 0 Å². The van der Waals surface area contributed by atoms with E-state index in [-0.39, 0.29) is 0 Å². The lowest BCUT2D eigenvalue weighted by Crippen LogP contribution is -2.33. The first-order valence-corrected chi connectivity index (χ1v) is 5.70. The van der Waals surface area contributed by atoms with Gasteiger partial charge < -0.3 is 0 Å². The molecule has 1 aliphatic rings. The second-order valence-corrected chi connectivity index (χ2v) is 4.76.